The van der Waals surface area contributed by atoms with Gasteiger partial charge in [0.05, 0.1) is 0 Å². The van der Waals surface area contributed by atoms with Gasteiger partial charge in [-0.3, -0.25) is 5.32 Å². The van der Waals surface area contributed by atoms with Gasteiger partial charge >= 0.3 is 6.09 Å². The second-order valence-electron chi connectivity index (χ2n) is 4.96. The molecular formula is C14H20N2O2. The number of nitrogens with one attached hydrogen (secondary N) is 1. The van der Waals surface area contributed by atoms with Crippen LogP contribution in [0.4, 0.5) is 16.2 Å². The molecule has 1 saturated carbocycles. The van der Waals surface area contributed by atoms with E-state index in [1.54, 1.807) is 24.3 Å². The Bertz CT molecular complexity index is 420. The summed E-state index contributed by atoms with van der Waals surface area (Å²) in [5.41, 5.74) is 6.94. The Morgan fingerprint density at radius 3 is 2.89 bits per heavy atom. The van der Waals surface area contributed by atoms with Crippen LogP contribution in [-0.2, 0) is 4.74 Å². The molecule has 2 unspecified atom stereocenters. The van der Waals surface area contributed by atoms with Crippen molar-refractivity contribution in [1.82, 2.24) is 0 Å². The molecule has 3 N–H and O–H groups in total. The molecule has 1 aromatic rings. The number of hydrogen-bond donors (Lipinski definition) is 2. The van der Waals surface area contributed by atoms with E-state index in [-0.39, 0.29) is 12.2 Å². The van der Waals surface area contributed by atoms with E-state index >= 15 is 0 Å². The zero-order valence-electron chi connectivity index (χ0n) is 10.7. The van der Waals surface area contributed by atoms with Gasteiger partial charge in [-0.1, -0.05) is 19.4 Å². The van der Waals surface area contributed by atoms with Crippen LogP contribution >= 0.6 is 0 Å². The van der Waals surface area contributed by atoms with Crippen LogP contribution in [0.3, 0.4) is 0 Å². The van der Waals surface area contributed by atoms with Crippen LogP contribution in [0.15, 0.2) is 24.3 Å². The lowest BCUT2D eigenvalue weighted by molar-refractivity contribution is 0.0524. The van der Waals surface area contributed by atoms with E-state index in [1.165, 1.54) is 6.42 Å². The summed E-state index contributed by atoms with van der Waals surface area (Å²) in [5, 5.41) is 2.71. The van der Waals surface area contributed by atoms with Crippen molar-refractivity contribution in [2.24, 2.45) is 5.92 Å². The standard InChI is InChI=1S/C14H20N2O2/c1-10-5-2-3-8-13(10)18-14(17)16-12-7-4-6-11(15)9-12/h4,6-7,9-10,13H,2-3,5,8,15H2,1H3,(H,16,17). The molecule has 1 amide bonds. The molecule has 0 aliphatic heterocycles. The molecule has 1 aliphatic carbocycles. The number of nitrogens with two attached hydrogens (primary N) is 1. The molecule has 98 valence electrons. The van der Waals surface area contributed by atoms with Gasteiger partial charge in [0.15, 0.2) is 0 Å². The molecule has 1 aromatic carbocycles. The summed E-state index contributed by atoms with van der Waals surface area (Å²) < 4.78 is 5.46. The number of nitrogen functional groups attached to an aromatic ring is 1. The smallest absolute Gasteiger partial charge is 0.411 e. The summed E-state index contributed by atoms with van der Waals surface area (Å²) in [6.07, 6.45) is 4.12. The number of rotatable bonds is 2. The van der Waals surface area contributed by atoms with Crippen molar-refractivity contribution >= 4 is 17.5 Å². The summed E-state index contributed by atoms with van der Waals surface area (Å²) in [4.78, 5) is 11.8. The highest BCUT2D eigenvalue weighted by molar-refractivity contribution is 5.85. The largest absolute Gasteiger partial charge is 0.446 e. The molecule has 0 bridgehead atoms. The van der Waals surface area contributed by atoms with Crippen molar-refractivity contribution in [3.8, 4) is 0 Å². The first kappa shape index (κ1) is 12.7. The SMILES string of the molecule is CC1CCCCC1OC(=O)Nc1cccc(N)c1. The van der Waals surface area contributed by atoms with Gasteiger partial charge in [0.25, 0.3) is 0 Å². The van der Waals surface area contributed by atoms with Gasteiger partial charge in [0.1, 0.15) is 6.10 Å². The minimum Gasteiger partial charge on any atom is -0.446 e. The van der Waals surface area contributed by atoms with Crippen molar-refractivity contribution in [3.05, 3.63) is 24.3 Å². The zero-order valence-corrected chi connectivity index (χ0v) is 10.7. The molecule has 1 fully saturated rings. The summed E-state index contributed by atoms with van der Waals surface area (Å²) in [5.74, 6) is 0.449. The van der Waals surface area contributed by atoms with Gasteiger partial charge in [-0.2, -0.15) is 0 Å². The minimum atomic E-state index is -0.389. The minimum absolute atomic E-state index is 0.0415. The third-order valence-corrected chi connectivity index (χ3v) is 3.42. The highest BCUT2D eigenvalue weighted by Gasteiger charge is 2.24. The quantitative estimate of drug-likeness (QED) is 0.788. The van der Waals surface area contributed by atoms with Crippen LogP contribution in [0.5, 0.6) is 0 Å². The molecular weight excluding hydrogens is 228 g/mol. The molecule has 0 heterocycles. The molecule has 0 aromatic heterocycles. The average molecular weight is 248 g/mol. The Morgan fingerprint density at radius 1 is 1.39 bits per heavy atom. The van der Waals surface area contributed by atoms with Gasteiger partial charge in [-0.05, 0) is 43.4 Å². The summed E-state index contributed by atoms with van der Waals surface area (Å²) >= 11 is 0. The summed E-state index contributed by atoms with van der Waals surface area (Å²) in [6.45, 7) is 2.14. The molecule has 4 nitrogen and oxygen atoms in total. The van der Waals surface area contributed by atoms with Crippen LogP contribution in [0.2, 0.25) is 0 Å². The molecule has 2 rings (SSSR count). The van der Waals surface area contributed by atoms with Gasteiger partial charge < -0.3 is 10.5 Å². The van der Waals surface area contributed by atoms with E-state index in [0.29, 0.717) is 17.3 Å². The first-order valence-corrected chi connectivity index (χ1v) is 6.48. The Labute approximate surface area is 108 Å². The molecule has 0 saturated heterocycles. The lowest BCUT2D eigenvalue weighted by Crippen LogP contribution is -2.30. The maximum atomic E-state index is 11.8. The number of hydrogen-bond acceptors (Lipinski definition) is 3. The Morgan fingerprint density at radius 2 is 2.17 bits per heavy atom. The first-order valence-electron chi connectivity index (χ1n) is 6.48. The van der Waals surface area contributed by atoms with E-state index in [1.807, 2.05) is 0 Å². The van der Waals surface area contributed by atoms with Crippen molar-refractivity contribution in [2.75, 3.05) is 11.1 Å². The number of benzene rings is 1. The first-order chi connectivity index (χ1) is 8.65. The van der Waals surface area contributed by atoms with Gasteiger partial charge in [0, 0.05) is 11.4 Å². The summed E-state index contributed by atoms with van der Waals surface area (Å²) in [6, 6.07) is 7.08. The average Bonchev–Trinajstić information content (AvgIpc) is 2.32. The Kier molecular flexibility index (Phi) is 4.07. The number of amides is 1. The maximum absolute atomic E-state index is 11.8. The van der Waals surface area contributed by atoms with Crippen LogP contribution in [0.1, 0.15) is 32.6 Å². The van der Waals surface area contributed by atoms with E-state index in [9.17, 15) is 4.79 Å². The van der Waals surface area contributed by atoms with Crippen molar-refractivity contribution < 1.29 is 9.53 Å². The molecule has 0 spiro atoms. The highest BCUT2D eigenvalue weighted by Crippen LogP contribution is 2.26. The monoisotopic (exact) mass is 248 g/mol. The van der Waals surface area contributed by atoms with Crippen LogP contribution < -0.4 is 11.1 Å². The fourth-order valence-corrected chi connectivity index (χ4v) is 2.36. The fourth-order valence-electron chi connectivity index (χ4n) is 2.36. The Hall–Kier alpha value is -1.71. The third-order valence-electron chi connectivity index (χ3n) is 3.42. The van der Waals surface area contributed by atoms with Gasteiger partial charge in [-0.25, -0.2) is 4.79 Å². The topological polar surface area (TPSA) is 64.3 Å². The Balaban J connectivity index is 1.88. The molecule has 4 heteroatoms. The molecule has 18 heavy (non-hydrogen) atoms. The van der Waals surface area contributed by atoms with Crippen LogP contribution in [0.25, 0.3) is 0 Å². The predicted octanol–water partition coefficient (Wildman–Crippen LogP) is 3.40. The third kappa shape index (κ3) is 3.39. The fraction of sp³-hybridized carbons (Fsp3) is 0.500. The zero-order chi connectivity index (χ0) is 13.0. The van der Waals surface area contributed by atoms with Crippen LogP contribution in [-0.4, -0.2) is 12.2 Å². The number of carbonyl (C=O) groups is 1. The van der Waals surface area contributed by atoms with Gasteiger partial charge in [-0.15, -0.1) is 0 Å². The normalized spacial score (nSPS) is 23.4. The lowest BCUT2D eigenvalue weighted by Gasteiger charge is -2.28. The van der Waals surface area contributed by atoms with Crippen molar-refractivity contribution in [1.29, 1.82) is 0 Å². The number of anilines is 2. The second-order valence-corrected chi connectivity index (χ2v) is 4.96. The highest BCUT2D eigenvalue weighted by atomic mass is 16.6. The van der Waals surface area contributed by atoms with Crippen molar-refractivity contribution in [2.45, 2.75) is 38.7 Å². The van der Waals surface area contributed by atoms with Crippen molar-refractivity contribution in [3.63, 3.8) is 0 Å². The predicted molar refractivity (Wildman–Crippen MR) is 72.4 cm³/mol. The van der Waals surface area contributed by atoms with E-state index in [2.05, 4.69) is 12.2 Å². The van der Waals surface area contributed by atoms with Gasteiger partial charge in [0.2, 0.25) is 0 Å². The van der Waals surface area contributed by atoms with E-state index in [4.69, 9.17) is 10.5 Å². The number of ether oxygens (including phenoxy) is 1. The van der Waals surface area contributed by atoms with E-state index in [0.717, 1.165) is 19.3 Å². The number of carbonyl (C=O) groups excluding carboxylic acids is 1. The van der Waals surface area contributed by atoms with E-state index < -0.39 is 0 Å². The molecule has 2 atom stereocenters. The second kappa shape index (κ2) is 5.76. The lowest BCUT2D eigenvalue weighted by atomic mass is 9.88. The van der Waals surface area contributed by atoms with Crippen LogP contribution in [0, 0.1) is 5.92 Å². The maximum Gasteiger partial charge on any atom is 0.411 e. The summed E-state index contributed by atoms with van der Waals surface area (Å²) in [7, 11) is 0. The molecule has 0 radical (unpaired) electrons. The molecule has 1 aliphatic rings.